The van der Waals surface area contributed by atoms with Gasteiger partial charge < -0.3 is 5.11 Å². The van der Waals surface area contributed by atoms with Gasteiger partial charge in [0.1, 0.15) is 0 Å². The molecular weight excluding hydrogens is 390 g/mol. The number of rotatable bonds is 3. The molecule has 0 atom stereocenters. The molecule has 0 aliphatic heterocycles. The molecule has 2 aromatic carbocycles. The lowest BCUT2D eigenvalue weighted by atomic mass is 9.87. The second-order valence-electron chi connectivity index (χ2n) is 5.81. The molecule has 1 aromatic heterocycles. The third-order valence-electron chi connectivity index (χ3n) is 4.13. The van der Waals surface area contributed by atoms with Crippen LogP contribution in [0.3, 0.4) is 0 Å². The lowest BCUT2D eigenvalue weighted by Crippen LogP contribution is -2.53. The fourth-order valence-electron chi connectivity index (χ4n) is 2.76. The van der Waals surface area contributed by atoms with Gasteiger partial charge in [0, 0.05) is 10.4 Å². The smallest absolute Gasteiger partial charge is 0.369 e. The van der Waals surface area contributed by atoms with Gasteiger partial charge in [0.25, 0.3) is 5.60 Å². The predicted molar refractivity (Wildman–Crippen MR) is 91.2 cm³/mol. The second kappa shape index (κ2) is 6.69. The number of hydrogen-bond acceptors (Lipinski definition) is 2. The van der Waals surface area contributed by atoms with E-state index < -0.39 is 23.5 Å². The minimum Gasteiger partial charge on any atom is -0.369 e. The van der Waals surface area contributed by atoms with Gasteiger partial charge in [-0.25, -0.2) is 0 Å². The zero-order chi connectivity index (χ0) is 19.9. The van der Waals surface area contributed by atoms with E-state index in [1.807, 2.05) is 0 Å². The molecule has 8 heteroatoms. The monoisotopic (exact) mass is 402 g/mol. The maximum absolute atomic E-state index is 13.2. The Labute approximate surface area is 154 Å². The minimum atomic E-state index is -5.92. The summed E-state index contributed by atoms with van der Waals surface area (Å²) in [7, 11) is 0. The van der Waals surface area contributed by atoms with Crippen molar-refractivity contribution in [2.24, 2.45) is 0 Å². The molecule has 3 rings (SSSR count). The molecule has 0 unspecified atom stereocenters. The van der Waals surface area contributed by atoms with Crippen LogP contribution in [0.1, 0.15) is 5.56 Å². The van der Waals surface area contributed by atoms with Crippen LogP contribution >= 0.6 is 11.3 Å². The van der Waals surface area contributed by atoms with Crippen LogP contribution in [0.5, 0.6) is 0 Å². The van der Waals surface area contributed by atoms with Crippen LogP contribution in [0.2, 0.25) is 0 Å². The summed E-state index contributed by atoms with van der Waals surface area (Å²) in [6.45, 7) is 0. The van der Waals surface area contributed by atoms with Crippen molar-refractivity contribution in [1.82, 2.24) is 0 Å². The Morgan fingerprint density at radius 3 is 1.85 bits per heavy atom. The topological polar surface area (TPSA) is 20.2 Å². The van der Waals surface area contributed by atoms with E-state index in [0.29, 0.717) is 22.1 Å². The van der Waals surface area contributed by atoms with Gasteiger partial charge in [-0.05, 0) is 34.2 Å². The van der Waals surface area contributed by atoms with Crippen molar-refractivity contribution in [2.75, 3.05) is 0 Å². The van der Waals surface area contributed by atoms with E-state index in [0.717, 1.165) is 6.07 Å². The molecule has 1 nitrogen and oxygen atoms in total. The first-order valence-electron chi connectivity index (χ1n) is 7.65. The van der Waals surface area contributed by atoms with Gasteiger partial charge in [0.2, 0.25) is 0 Å². The van der Waals surface area contributed by atoms with Crippen molar-refractivity contribution in [3.05, 3.63) is 71.6 Å². The summed E-state index contributed by atoms with van der Waals surface area (Å²) in [5.74, 6) is 0. The highest BCUT2D eigenvalue weighted by Crippen LogP contribution is 2.51. The van der Waals surface area contributed by atoms with E-state index >= 15 is 0 Å². The maximum atomic E-state index is 13.2. The molecule has 0 saturated heterocycles. The summed E-state index contributed by atoms with van der Waals surface area (Å²) in [6, 6.07) is 14.4. The van der Waals surface area contributed by atoms with Crippen LogP contribution < -0.4 is 0 Å². The number of aliphatic hydroxyl groups is 1. The van der Waals surface area contributed by atoms with E-state index in [-0.39, 0.29) is 5.56 Å². The normalized spacial score (nSPS) is 13.0. The number of halogens is 6. The SMILES string of the molecule is OC(c1ccc(-c2ccccc2)c(-c2cccs2)c1)(C(F)(F)F)C(F)(F)F. The third kappa shape index (κ3) is 3.35. The van der Waals surface area contributed by atoms with Crippen LogP contribution in [0.4, 0.5) is 26.3 Å². The molecule has 0 amide bonds. The van der Waals surface area contributed by atoms with Crippen molar-refractivity contribution in [2.45, 2.75) is 18.0 Å². The average molecular weight is 402 g/mol. The molecular formula is C19H12F6OS. The Balaban J connectivity index is 2.27. The standard InChI is InChI=1S/C19H12F6OS/c20-18(21,22)17(26,19(23,24)25)13-8-9-14(12-5-2-1-3-6-12)15(11-13)16-7-4-10-27-16/h1-11,26H. The molecule has 0 saturated carbocycles. The van der Waals surface area contributed by atoms with Gasteiger partial charge in [-0.3, -0.25) is 0 Å². The fourth-order valence-corrected chi connectivity index (χ4v) is 3.52. The first-order valence-corrected chi connectivity index (χ1v) is 8.53. The molecule has 27 heavy (non-hydrogen) atoms. The van der Waals surface area contributed by atoms with Crippen molar-refractivity contribution >= 4 is 11.3 Å². The van der Waals surface area contributed by atoms with Gasteiger partial charge in [-0.2, -0.15) is 26.3 Å². The van der Waals surface area contributed by atoms with Gasteiger partial charge in [-0.15, -0.1) is 11.3 Å². The number of thiophene rings is 1. The van der Waals surface area contributed by atoms with E-state index in [9.17, 15) is 31.4 Å². The lowest BCUT2D eigenvalue weighted by Gasteiger charge is -2.33. The first-order chi connectivity index (χ1) is 12.6. The van der Waals surface area contributed by atoms with Crippen LogP contribution in [0.25, 0.3) is 21.6 Å². The molecule has 0 radical (unpaired) electrons. The highest BCUT2D eigenvalue weighted by molar-refractivity contribution is 7.13. The average Bonchev–Trinajstić information content (AvgIpc) is 3.14. The Morgan fingerprint density at radius 2 is 1.33 bits per heavy atom. The van der Waals surface area contributed by atoms with Gasteiger partial charge in [0.15, 0.2) is 0 Å². The van der Waals surface area contributed by atoms with Crippen LogP contribution in [0.15, 0.2) is 66.0 Å². The van der Waals surface area contributed by atoms with E-state index in [1.54, 1.807) is 47.8 Å². The van der Waals surface area contributed by atoms with Gasteiger partial charge in [0.05, 0.1) is 0 Å². The molecule has 142 valence electrons. The fraction of sp³-hybridized carbons (Fsp3) is 0.158. The second-order valence-corrected chi connectivity index (χ2v) is 6.76. The molecule has 0 fully saturated rings. The van der Waals surface area contributed by atoms with Crippen molar-refractivity contribution < 1.29 is 31.4 Å². The number of hydrogen-bond donors (Lipinski definition) is 1. The quantitative estimate of drug-likeness (QED) is 0.503. The molecule has 0 spiro atoms. The molecule has 1 heterocycles. The summed E-state index contributed by atoms with van der Waals surface area (Å²) in [5, 5.41) is 11.4. The largest absolute Gasteiger partial charge is 0.430 e. The summed E-state index contributed by atoms with van der Waals surface area (Å²) in [5.41, 5.74) is -4.95. The summed E-state index contributed by atoms with van der Waals surface area (Å²) < 4.78 is 79.3. The Hall–Kier alpha value is -2.32. The van der Waals surface area contributed by atoms with Gasteiger partial charge >= 0.3 is 12.4 Å². The minimum absolute atomic E-state index is 0.181. The zero-order valence-electron chi connectivity index (χ0n) is 13.5. The van der Waals surface area contributed by atoms with Crippen molar-refractivity contribution in [3.63, 3.8) is 0 Å². The summed E-state index contributed by atoms with van der Waals surface area (Å²) in [6.07, 6.45) is -11.8. The van der Waals surface area contributed by atoms with E-state index in [4.69, 9.17) is 0 Å². The zero-order valence-corrected chi connectivity index (χ0v) is 14.3. The Morgan fingerprint density at radius 1 is 0.704 bits per heavy atom. The third-order valence-corrected chi connectivity index (χ3v) is 5.03. The van der Waals surface area contributed by atoms with E-state index in [1.165, 1.54) is 17.4 Å². The molecule has 0 bridgehead atoms. The van der Waals surface area contributed by atoms with Crippen LogP contribution in [-0.2, 0) is 5.60 Å². The van der Waals surface area contributed by atoms with Gasteiger partial charge in [-0.1, -0.05) is 48.5 Å². The maximum Gasteiger partial charge on any atom is 0.430 e. The summed E-state index contributed by atoms with van der Waals surface area (Å²) in [4.78, 5) is 0.488. The van der Waals surface area contributed by atoms with Crippen molar-refractivity contribution in [1.29, 1.82) is 0 Å². The van der Waals surface area contributed by atoms with Crippen molar-refractivity contribution in [3.8, 4) is 21.6 Å². The Bertz CT molecular complexity index is 900. The molecule has 3 aromatic rings. The van der Waals surface area contributed by atoms with Crippen LogP contribution in [-0.4, -0.2) is 17.5 Å². The molecule has 1 N–H and O–H groups in total. The summed E-state index contributed by atoms with van der Waals surface area (Å²) >= 11 is 1.18. The number of benzene rings is 2. The molecule has 0 aliphatic rings. The lowest BCUT2D eigenvalue weighted by molar-refractivity contribution is -0.376. The highest BCUT2D eigenvalue weighted by atomic mass is 32.1. The van der Waals surface area contributed by atoms with Crippen LogP contribution in [0, 0.1) is 0 Å². The predicted octanol–water partition coefficient (Wildman–Crippen LogP) is 6.39. The Kier molecular flexibility index (Phi) is 4.81. The van der Waals surface area contributed by atoms with E-state index in [2.05, 4.69) is 0 Å². The first kappa shape index (κ1) is 19.4. The molecule has 0 aliphatic carbocycles. The number of alkyl halides is 6. The highest BCUT2D eigenvalue weighted by Gasteiger charge is 2.71.